The molecule has 0 bridgehead atoms. The average Bonchev–Trinajstić information content (AvgIpc) is 3.24. The van der Waals surface area contributed by atoms with Crippen LogP contribution in [-0.2, 0) is 22.4 Å². The van der Waals surface area contributed by atoms with Gasteiger partial charge in [0.1, 0.15) is 11.2 Å². The van der Waals surface area contributed by atoms with Crippen molar-refractivity contribution in [3.05, 3.63) is 16.8 Å². The summed E-state index contributed by atoms with van der Waals surface area (Å²) in [6.45, 7) is 3.60. The van der Waals surface area contributed by atoms with Crippen molar-refractivity contribution in [2.24, 2.45) is 5.92 Å². The Kier molecular flexibility index (Phi) is 4.85. The van der Waals surface area contributed by atoms with Gasteiger partial charge in [0.2, 0.25) is 5.88 Å². The smallest absolute Gasteiger partial charge is 0.258 e. The minimum atomic E-state index is -0.139. The summed E-state index contributed by atoms with van der Waals surface area (Å²) in [5.41, 5.74) is 1.31. The minimum Gasteiger partial charge on any atom is -0.467 e. The number of carbonyl (C=O) groups is 1. The molecule has 1 fully saturated rings. The molecule has 0 radical (unpaired) electrons. The Morgan fingerprint density at radius 3 is 3.20 bits per heavy atom. The molecule has 0 unspecified atom stereocenters. The highest BCUT2D eigenvalue weighted by atomic mass is 32.1. The van der Waals surface area contributed by atoms with Crippen LogP contribution >= 0.6 is 11.3 Å². The van der Waals surface area contributed by atoms with Crippen LogP contribution in [0.4, 0.5) is 0 Å². The minimum absolute atomic E-state index is 0.0279. The highest BCUT2D eigenvalue weighted by Crippen LogP contribution is 2.40. The summed E-state index contributed by atoms with van der Waals surface area (Å²) in [6.07, 6.45) is 7.04. The van der Waals surface area contributed by atoms with Crippen molar-refractivity contribution in [2.75, 3.05) is 19.8 Å². The van der Waals surface area contributed by atoms with E-state index in [2.05, 4.69) is 22.2 Å². The predicted molar refractivity (Wildman–Crippen MR) is 96.1 cm³/mol. The van der Waals surface area contributed by atoms with Gasteiger partial charge in [-0.3, -0.25) is 4.79 Å². The Morgan fingerprint density at radius 2 is 2.36 bits per heavy atom. The zero-order valence-electron chi connectivity index (χ0n) is 14.4. The molecule has 1 amide bonds. The molecule has 6 nitrogen and oxygen atoms in total. The maximum atomic E-state index is 12.0. The number of fused-ring (bicyclic) bond motifs is 3. The van der Waals surface area contributed by atoms with Crippen LogP contribution in [0, 0.1) is 5.92 Å². The van der Waals surface area contributed by atoms with E-state index in [0.29, 0.717) is 18.3 Å². The number of carbonyl (C=O) groups excluding carboxylic acids is 1. The number of rotatable bonds is 5. The fraction of sp³-hybridized carbons (Fsp3) is 0.611. The average molecular weight is 361 g/mol. The van der Waals surface area contributed by atoms with Gasteiger partial charge in [0.25, 0.3) is 5.91 Å². The summed E-state index contributed by atoms with van der Waals surface area (Å²) in [6, 6.07) is 0. The van der Waals surface area contributed by atoms with E-state index in [1.165, 1.54) is 23.2 Å². The van der Waals surface area contributed by atoms with Gasteiger partial charge < -0.3 is 14.8 Å². The highest BCUT2D eigenvalue weighted by Gasteiger charge is 2.24. The number of hydrogen-bond donors (Lipinski definition) is 1. The van der Waals surface area contributed by atoms with E-state index in [1.807, 2.05) is 0 Å². The maximum absolute atomic E-state index is 12.0. The van der Waals surface area contributed by atoms with Crippen LogP contribution in [0.3, 0.4) is 0 Å². The standard InChI is InChI=1S/C18H23N3O3S/c1-11-4-5-13-14(7-11)25-18-16(13)17(20-10-21-18)24-9-15(22)19-8-12-3-2-6-23-12/h10-12H,2-9H2,1H3,(H,19,22)/t11-,12-/m1/s1. The van der Waals surface area contributed by atoms with Crippen molar-refractivity contribution < 1.29 is 14.3 Å². The van der Waals surface area contributed by atoms with Crippen molar-refractivity contribution >= 4 is 27.5 Å². The molecule has 1 N–H and O–H groups in total. The number of nitrogens with zero attached hydrogens (tertiary/aromatic N) is 2. The molecule has 2 aliphatic rings. The third-order valence-corrected chi connectivity index (χ3v) is 6.11. The zero-order valence-corrected chi connectivity index (χ0v) is 15.2. The summed E-state index contributed by atoms with van der Waals surface area (Å²) < 4.78 is 11.3. The van der Waals surface area contributed by atoms with Gasteiger partial charge in [0, 0.05) is 18.0 Å². The summed E-state index contributed by atoms with van der Waals surface area (Å²) in [4.78, 5) is 23.1. The van der Waals surface area contributed by atoms with Crippen LogP contribution in [0.1, 0.15) is 36.6 Å². The fourth-order valence-corrected chi connectivity index (χ4v) is 4.91. The molecule has 2 aromatic rings. The predicted octanol–water partition coefficient (Wildman–Crippen LogP) is 2.49. The highest BCUT2D eigenvalue weighted by molar-refractivity contribution is 7.18. The SMILES string of the molecule is C[C@@H]1CCc2c(sc3ncnc(OCC(=O)NC[C@H]4CCCO4)c23)C1. The monoisotopic (exact) mass is 361 g/mol. The zero-order chi connectivity index (χ0) is 17.2. The van der Waals surface area contributed by atoms with Crippen LogP contribution in [0.2, 0.25) is 0 Å². The lowest BCUT2D eigenvalue weighted by atomic mass is 9.89. The van der Waals surface area contributed by atoms with Crippen LogP contribution in [0.15, 0.2) is 6.33 Å². The Balaban J connectivity index is 1.43. The van der Waals surface area contributed by atoms with E-state index in [-0.39, 0.29) is 18.6 Å². The summed E-state index contributed by atoms with van der Waals surface area (Å²) in [7, 11) is 0. The Hall–Kier alpha value is -1.73. The Labute approximate surface area is 150 Å². The third kappa shape index (κ3) is 3.62. The quantitative estimate of drug-likeness (QED) is 0.886. The topological polar surface area (TPSA) is 73.3 Å². The Bertz CT molecular complexity index is 770. The van der Waals surface area contributed by atoms with Gasteiger partial charge in [0.05, 0.1) is 11.5 Å². The first-order valence-corrected chi connectivity index (χ1v) is 9.78. The first-order chi connectivity index (χ1) is 12.2. The van der Waals surface area contributed by atoms with Crippen molar-refractivity contribution in [3.8, 4) is 5.88 Å². The van der Waals surface area contributed by atoms with Crippen molar-refractivity contribution in [3.63, 3.8) is 0 Å². The lowest BCUT2D eigenvalue weighted by Gasteiger charge is -2.18. The molecule has 0 saturated carbocycles. The van der Waals surface area contributed by atoms with Gasteiger partial charge in [-0.2, -0.15) is 0 Å². The normalized spacial score (nSPS) is 22.8. The first-order valence-electron chi connectivity index (χ1n) is 8.97. The molecular formula is C18H23N3O3S. The van der Waals surface area contributed by atoms with Gasteiger partial charge in [-0.25, -0.2) is 9.97 Å². The van der Waals surface area contributed by atoms with E-state index >= 15 is 0 Å². The summed E-state index contributed by atoms with van der Waals surface area (Å²) in [5.74, 6) is 1.10. The molecule has 25 heavy (non-hydrogen) atoms. The van der Waals surface area contributed by atoms with Gasteiger partial charge in [-0.15, -0.1) is 11.3 Å². The van der Waals surface area contributed by atoms with Crippen LogP contribution < -0.4 is 10.1 Å². The second-order valence-electron chi connectivity index (χ2n) is 6.94. The van der Waals surface area contributed by atoms with Crippen molar-refractivity contribution in [1.82, 2.24) is 15.3 Å². The second kappa shape index (κ2) is 7.25. The Morgan fingerprint density at radius 1 is 1.44 bits per heavy atom. The molecule has 0 aromatic carbocycles. The first kappa shape index (κ1) is 16.7. The van der Waals surface area contributed by atoms with Crippen LogP contribution in [-0.4, -0.2) is 41.7 Å². The summed E-state index contributed by atoms with van der Waals surface area (Å²) >= 11 is 1.73. The fourth-order valence-electron chi connectivity index (χ4n) is 3.57. The molecule has 4 rings (SSSR count). The number of nitrogens with one attached hydrogen (secondary N) is 1. The van der Waals surface area contributed by atoms with Gasteiger partial charge in [0.15, 0.2) is 6.61 Å². The molecule has 2 atom stereocenters. The number of amides is 1. The summed E-state index contributed by atoms with van der Waals surface area (Å²) in [5, 5.41) is 3.88. The van der Waals surface area contributed by atoms with E-state index in [4.69, 9.17) is 9.47 Å². The molecule has 3 heterocycles. The third-order valence-electron chi connectivity index (χ3n) is 4.95. The van der Waals surface area contributed by atoms with E-state index < -0.39 is 0 Å². The lowest BCUT2D eigenvalue weighted by molar-refractivity contribution is -0.123. The molecule has 2 aromatic heterocycles. The van der Waals surface area contributed by atoms with Crippen LogP contribution in [0.25, 0.3) is 10.2 Å². The van der Waals surface area contributed by atoms with E-state index in [9.17, 15) is 4.79 Å². The molecule has 1 aliphatic carbocycles. The maximum Gasteiger partial charge on any atom is 0.258 e. The molecule has 0 spiro atoms. The number of aromatic nitrogens is 2. The lowest BCUT2D eigenvalue weighted by Crippen LogP contribution is -2.35. The number of hydrogen-bond acceptors (Lipinski definition) is 6. The molecule has 134 valence electrons. The molecule has 1 saturated heterocycles. The van der Waals surface area contributed by atoms with Gasteiger partial charge >= 0.3 is 0 Å². The van der Waals surface area contributed by atoms with E-state index in [1.54, 1.807) is 11.3 Å². The van der Waals surface area contributed by atoms with Crippen molar-refractivity contribution in [1.29, 1.82) is 0 Å². The molecule has 1 aliphatic heterocycles. The number of ether oxygens (including phenoxy) is 2. The van der Waals surface area contributed by atoms with Gasteiger partial charge in [-0.1, -0.05) is 6.92 Å². The largest absolute Gasteiger partial charge is 0.467 e. The number of thiophene rings is 1. The van der Waals surface area contributed by atoms with Crippen molar-refractivity contribution in [2.45, 2.75) is 45.1 Å². The van der Waals surface area contributed by atoms with Crippen LogP contribution in [0.5, 0.6) is 5.88 Å². The van der Waals surface area contributed by atoms with E-state index in [0.717, 1.165) is 42.5 Å². The number of aryl methyl sites for hydroxylation is 1. The molecule has 7 heteroatoms. The van der Waals surface area contributed by atoms with Gasteiger partial charge in [-0.05, 0) is 43.6 Å². The molecular weight excluding hydrogens is 338 g/mol. The second-order valence-corrected chi connectivity index (χ2v) is 8.02.